The summed E-state index contributed by atoms with van der Waals surface area (Å²) < 4.78 is 4.66. The number of hydrogen-bond donors (Lipinski definition) is 2. The molecule has 0 radical (unpaired) electrons. The number of carbonyl (C=O) groups is 1. The van der Waals surface area contributed by atoms with Gasteiger partial charge >= 0.3 is 5.97 Å². The van der Waals surface area contributed by atoms with Gasteiger partial charge < -0.3 is 15.8 Å². The highest BCUT2D eigenvalue weighted by Gasteiger charge is 2.04. The normalized spacial score (nSPS) is 8.91. The van der Waals surface area contributed by atoms with Gasteiger partial charge in [0.1, 0.15) is 5.70 Å². The molecule has 0 aromatic heterocycles. The lowest BCUT2D eigenvalue weighted by Gasteiger charge is -2.06. The summed E-state index contributed by atoms with van der Waals surface area (Å²) in [5.41, 5.74) is 5.46. The first-order valence-corrected chi connectivity index (χ1v) is 3.52. The molecule has 0 saturated carbocycles. The van der Waals surface area contributed by atoms with E-state index in [2.05, 4.69) is 16.6 Å². The topological polar surface area (TPSA) is 64.3 Å². The fourth-order valence-corrected chi connectivity index (χ4v) is 0.513. The number of nitrogens with two attached hydrogens (primary N) is 1. The van der Waals surface area contributed by atoms with Crippen molar-refractivity contribution in [1.82, 2.24) is 5.32 Å². The van der Waals surface area contributed by atoms with Crippen molar-refractivity contribution in [2.24, 2.45) is 5.73 Å². The van der Waals surface area contributed by atoms with Crippen LogP contribution >= 0.6 is 0 Å². The molecule has 0 amide bonds. The average molecular weight is 158 g/mol. The van der Waals surface area contributed by atoms with Gasteiger partial charge in [0.15, 0.2) is 0 Å². The molecule has 11 heavy (non-hydrogen) atoms. The van der Waals surface area contributed by atoms with E-state index < -0.39 is 5.97 Å². The summed E-state index contributed by atoms with van der Waals surface area (Å²) in [6, 6.07) is 0. The van der Waals surface area contributed by atoms with E-state index >= 15 is 0 Å². The third kappa shape index (κ3) is 4.38. The molecule has 0 atom stereocenters. The van der Waals surface area contributed by atoms with Crippen molar-refractivity contribution in [3.05, 3.63) is 12.3 Å². The Labute approximate surface area is 66.4 Å². The Morgan fingerprint density at radius 2 is 2.36 bits per heavy atom. The van der Waals surface area contributed by atoms with Gasteiger partial charge in [0, 0.05) is 13.1 Å². The number of carbonyl (C=O) groups excluding carboxylic acids is 1. The second kappa shape index (κ2) is 5.73. The van der Waals surface area contributed by atoms with E-state index in [-0.39, 0.29) is 5.70 Å². The molecular weight excluding hydrogens is 144 g/mol. The van der Waals surface area contributed by atoms with Crippen molar-refractivity contribution in [1.29, 1.82) is 0 Å². The van der Waals surface area contributed by atoms with Gasteiger partial charge in [-0.1, -0.05) is 6.58 Å². The smallest absolute Gasteiger partial charge is 0.353 e. The summed E-state index contributed by atoms with van der Waals surface area (Å²) in [5.74, 6) is -0.416. The Hall–Kier alpha value is -1.03. The quantitative estimate of drug-likeness (QED) is 0.422. The molecule has 0 unspecified atom stereocenters. The van der Waals surface area contributed by atoms with Gasteiger partial charge in [-0.05, 0) is 6.92 Å². The minimum absolute atomic E-state index is 0.261. The fraction of sp³-hybridized carbons (Fsp3) is 0.571. The SMILES string of the molecule is C=C(NCCN)C(=O)OCC. The fourth-order valence-electron chi connectivity index (χ4n) is 0.513. The molecule has 0 aliphatic heterocycles. The van der Waals surface area contributed by atoms with Crippen LogP contribution in [0.2, 0.25) is 0 Å². The summed E-state index contributed by atoms with van der Waals surface area (Å²) in [4.78, 5) is 10.8. The van der Waals surface area contributed by atoms with E-state index in [9.17, 15) is 4.79 Å². The lowest BCUT2D eigenvalue weighted by atomic mass is 10.5. The molecule has 0 aliphatic carbocycles. The lowest BCUT2D eigenvalue weighted by Crippen LogP contribution is -2.26. The molecule has 0 fully saturated rings. The molecule has 4 nitrogen and oxygen atoms in total. The van der Waals surface area contributed by atoms with Gasteiger partial charge in [-0.15, -0.1) is 0 Å². The molecule has 4 heteroatoms. The van der Waals surface area contributed by atoms with Crippen molar-refractivity contribution in [2.75, 3.05) is 19.7 Å². The molecule has 0 aromatic rings. The Balaban J connectivity index is 3.56. The van der Waals surface area contributed by atoms with E-state index in [1.165, 1.54) is 0 Å². The highest BCUT2D eigenvalue weighted by molar-refractivity contribution is 5.86. The van der Waals surface area contributed by atoms with Crippen LogP contribution in [0, 0.1) is 0 Å². The predicted octanol–water partition coefficient (Wildman–Crippen LogP) is -0.388. The standard InChI is InChI=1S/C7H14N2O2/c1-3-11-7(10)6(2)9-5-4-8/h9H,2-5,8H2,1H3. The molecule has 0 rings (SSSR count). The van der Waals surface area contributed by atoms with Gasteiger partial charge in [-0.2, -0.15) is 0 Å². The minimum atomic E-state index is -0.416. The number of nitrogens with one attached hydrogen (secondary N) is 1. The van der Waals surface area contributed by atoms with Gasteiger partial charge in [-0.25, -0.2) is 4.79 Å². The summed E-state index contributed by atoms with van der Waals surface area (Å²) in [6.07, 6.45) is 0. The zero-order chi connectivity index (χ0) is 8.69. The Kier molecular flexibility index (Phi) is 5.20. The molecule has 0 spiro atoms. The second-order valence-electron chi connectivity index (χ2n) is 1.91. The molecule has 0 bridgehead atoms. The van der Waals surface area contributed by atoms with Crippen LogP contribution in [0.1, 0.15) is 6.92 Å². The van der Waals surface area contributed by atoms with Crippen LogP contribution in [0.5, 0.6) is 0 Å². The lowest BCUT2D eigenvalue weighted by molar-refractivity contribution is -0.138. The van der Waals surface area contributed by atoms with Crippen LogP contribution in [-0.2, 0) is 9.53 Å². The van der Waals surface area contributed by atoms with Crippen molar-refractivity contribution < 1.29 is 9.53 Å². The Bertz CT molecular complexity index is 145. The zero-order valence-corrected chi connectivity index (χ0v) is 6.72. The predicted molar refractivity (Wildman–Crippen MR) is 42.8 cm³/mol. The molecule has 0 aliphatic rings. The monoisotopic (exact) mass is 158 g/mol. The summed E-state index contributed by atoms with van der Waals surface area (Å²) >= 11 is 0. The first kappa shape index (κ1) is 9.97. The maximum atomic E-state index is 10.8. The third-order valence-electron chi connectivity index (χ3n) is 1.00. The van der Waals surface area contributed by atoms with Crippen molar-refractivity contribution in [2.45, 2.75) is 6.92 Å². The molecule has 0 heterocycles. The van der Waals surface area contributed by atoms with Crippen LogP contribution in [0.3, 0.4) is 0 Å². The zero-order valence-electron chi connectivity index (χ0n) is 6.72. The van der Waals surface area contributed by atoms with Gasteiger partial charge in [0.25, 0.3) is 0 Å². The molecule has 3 N–H and O–H groups in total. The maximum absolute atomic E-state index is 10.8. The summed E-state index contributed by atoms with van der Waals surface area (Å²) in [7, 11) is 0. The number of esters is 1. The van der Waals surface area contributed by atoms with Crippen LogP contribution in [0.25, 0.3) is 0 Å². The van der Waals surface area contributed by atoms with Crippen molar-refractivity contribution >= 4 is 5.97 Å². The Morgan fingerprint density at radius 3 is 2.82 bits per heavy atom. The average Bonchev–Trinajstić information content (AvgIpc) is 2.00. The van der Waals surface area contributed by atoms with Crippen molar-refractivity contribution in [3.63, 3.8) is 0 Å². The third-order valence-corrected chi connectivity index (χ3v) is 1.00. The van der Waals surface area contributed by atoms with Crippen LogP contribution in [-0.4, -0.2) is 25.7 Å². The molecule has 0 saturated heterocycles. The highest BCUT2D eigenvalue weighted by atomic mass is 16.5. The van der Waals surface area contributed by atoms with E-state index in [0.29, 0.717) is 19.7 Å². The first-order valence-electron chi connectivity index (χ1n) is 3.52. The van der Waals surface area contributed by atoms with E-state index in [1.54, 1.807) is 6.92 Å². The minimum Gasteiger partial charge on any atom is -0.461 e. The van der Waals surface area contributed by atoms with E-state index in [0.717, 1.165) is 0 Å². The van der Waals surface area contributed by atoms with Crippen LogP contribution in [0.4, 0.5) is 0 Å². The molecule has 64 valence electrons. The van der Waals surface area contributed by atoms with Crippen LogP contribution < -0.4 is 11.1 Å². The molecular formula is C7H14N2O2. The molecule has 0 aromatic carbocycles. The first-order chi connectivity index (χ1) is 5.22. The summed E-state index contributed by atoms with van der Waals surface area (Å²) in [6.45, 7) is 6.59. The van der Waals surface area contributed by atoms with E-state index in [4.69, 9.17) is 5.73 Å². The van der Waals surface area contributed by atoms with Crippen molar-refractivity contribution in [3.8, 4) is 0 Å². The van der Waals surface area contributed by atoms with Gasteiger partial charge in [0.05, 0.1) is 6.61 Å². The summed E-state index contributed by atoms with van der Waals surface area (Å²) in [5, 5.41) is 2.72. The maximum Gasteiger partial charge on any atom is 0.353 e. The van der Waals surface area contributed by atoms with Gasteiger partial charge in [-0.3, -0.25) is 0 Å². The van der Waals surface area contributed by atoms with Crippen LogP contribution in [0.15, 0.2) is 12.3 Å². The largest absolute Gasteiger partial charge is 0.461 e. The number of hydrogen-bond acceptors (Lipinski definition) is 4. The number of rotatable bonds is 5. The number of ether oxygens (including phenoxy) is 1. The van der Waals surface area contributed by atoms with Gasteiger partial charge in [0.2, 0.25) is 0 Å². The second-order valence-corrected chi connectivity index (χ2v) is 1.91. The van der Waals surface area contributed by atoms with E-state index in [1.807, 2.05) is 0 Å². The highest BCUT2D eigenvalue weighted by Crippen LogP contribution is 1.87. The Morgan fingerprint density at radius 1 is 1.73 bits per heavy atom.